The molecule has 1 aliphatic carbocycles. The Bertz CT molecular complexity index is 350. The minimum absolute atomic E-state index is 0.212. The third-order valence-corrected chi connectivity index (χ3v) is 2.90. The summed E-state index contributed by atoms with van der Waals surface area (Å²) in [6.07, 6.45) is 4.34. The van der Waals surface area contributed by atoms with Crippen molar-refractivity contribution in [3.8, 4) is 5.75 Å². The van der Waals surface area contributed by atoms with Gasteiger partial charge in [-0.05, 0) is 43.9 Å². The Morgan fingerprint density at radius 1 is 1.44 bits per heavy atom. The summed E-state index contributed by atoms with van der Waals surface area (Å²) in [5.74, 6) is 0.129. The molecule has 0 unspecified atom stereocenters. The zero-order chi connectivity index (χ0) is 11.4. The molecular formula is C13H18FNO. The molecule has 0 atom stereocenters. The molecular weight excluding hydrogens is 205 g/mol. The van der Waals surface area contributed by atoms with E-state index in [-0.39, 0.29) is 5.82 Å². The van der Waals surface area contributed by atoms with Crippen LogP contribution in [0.2, 0.25) is 0 Å². The van der Waals surface area contributed by atoms with Gasteiger partial charge >= 0.3 is 0 Å². The van der Waals surface area contributed by atoms with Crippen LogP contribution in [0.3, 0.4) is 0 Å². The molecule has 1 aliphatic rings. The van der Waals surface area contributed by atoms with Crippen molar-refractivity contribution in [2.45, 2.75) is 31.7 Å². The maximum Gasteiger partial charge on any atom is 0.168 e. The number of aryl methyl sites for hydroxylation is 1. The lowest BCUT2D eigenvalue weighted by molar-refractivity contribution is 0.384. The van der Waals surface area contributed by atoms with Gasteiger partial charge in [0.2, 0.25) is 0 Å². The lowest BCUT2D eigenvalue weighted by Gasteiger charge is -2.07. The SMILES string of the molecule is COc1cccc(CCCNC2CC2)c1F. The zero-order valence-corrected chi connectivity index (χ0v) is 9.63. The molecule has 1 aromatic carbocycles. The standard InChI is InChI=1S/C13H18FNO/c1-16-12-6-2-4-10(13(12)14)5-3-9-15-11-7-8-11/h2,4,6,11,15H,3,5,7-9H2,1H3. The zero-order valence-electron chi connectivity index (χ0n) is 9.63. The van der Waals surface area contributed by atoms with E-state index in [2.05, 4.69) is 5.32 Å². The van der Waals surface area contributed by atoms with Crippen molar-refractivity contribution in [3.63, 3.8) is 0 Å². The summed E-state index contributed by atoms with van der Waals surface area (Å²) < 4.78 is 18.7. The minimum atomic E-state index is -0.212. The summed E-state index contributed by atoms with van der Waals surface area (Å²) >= 11 is 0. The lowest BCUT2D eigenvalue weighted by atomic mass is 10.1. The molecule has 0 spiro atoms. The van der Waals surface area contributed by atoms with Gasteiger partial charge < -0.3 is 10.1 Å². The molecule has 0 saturated heterocycles. The number of methoxy groups -OCH3 is 1. The summed E-state index contributed by atoms with van der Waals surface area (Å²) in [7, 11) is 1.50. The second kappa shape index (κ2) is 5.30. The highest BCUT2D eigenvalue weighted by atomic mass is 19.1. The van der Waals surface area contributed by atoms with Gasteiger partial charge in [-0.25, -0.2) is 4.39 Å². The molecule has 1 saturated carbocycles. The molecule has 0 radical (unpaired) electrons. The second-order valence-electron chi connectivity index (χ2n) is 4.27. The van der Waals surface area contributed by atoms with Gasteiger partial charge in [-0.15, -0.1) is 0 Å². The molecule has 1 N–H and O–H groups in total. The Morgan fingerprint density at radius 2 is 2.25 bits per heavy atom. The largest absolute Gasteiger partial charge is 0.494 e. The van der Waals surface area contributed by atoms with Crippen molar-refractivity contribution in [2.75, 3.05) is 13.7 Å². The quantitative estimate of drug-likeness (QED) is 0.748. The summed E-state index contributed by atoms with van der Waals surface area (Å²) in [6, 6.07) is 6.05. The van der Waals surface area contributed by atoms with Crippen molar-refractivity contribution >= 4 is 0 Å². The summed E-state index contributed by atoms with van der Waals surface area (Å²) in [5.41, 5.74) is 0.747. The maximum absolute atomic E-state index is 13.7. The average Bonchev–Trinajstić information content (AvgIpc) is 3.10. The molecule has 2 nitrogen and oxygen atoms in total. The van der Waals surface area contributed by atoms with Gasteiger partial charge in [-0.1, -0.05) is 12.1 Å². The average molecular weight is 223 g/mol. The van der Waals surface area contributed by atoms with Gasteiger partial charge in [0.25, 0.3) is 0 Å². The van der Waals surface area contributed by atoms with Crippen LogP contribution in [0.5, 0.6) is 5.75 Å². The van der Waals surface area contributed by atoms with Crippen LogP contribution in [-0.4, -0.2) is 19.7 Å². The van der Waals surface area contributed by atoms with Gasteiger partial charge in [-0.3, -0.25) is 0 Å². The van der Waals surface area contributed by atoms with Gasteiger partial charge in [0, 0.05) is 6.04 Å². The van der Waals surface area contributed by atoms with E-state index in [1.165, 1.54) is 20.0 Å². The normalized spacial score (nSPS) is 15.1. The minimum Gasteiger partial charge on any atom is -0.494 e. The van der Waals surface area contributed by atoms with E-state index in [4.69, 9.17) is 4.74 Å². The van der Waals surface area contributed by atoms with E-state index in [1.807, 2.05) is 12.1 Å². The highest BCUT2D eigenvalue weighted by Crippen LogP contribution is 2.21. The number of rotatable bonds is 6. The summed E-state index contributed by atoms with van der Waals surface area (Å²) in [4.78, 5) is 0. The van der Waals surface area contributed by atoms with Crippen molar-refractivity contribution in [3.05, 3.63) is 29.6 Å². The van der Waals surface area contributed by atoms with Gasteiger partial charge in [0.15, 0.2) is 11.6 Å². The highest BCUT2D eigenvalue weighted by Gasteiger charge is 2.19. The Balaban J connectivity index is 1.82. The number of benzene rings is 1. The smallest absolute Gasteiger partial charge is 0.168 e. The topological polar surface area (TPSA) is 21.3 Å². The first-order chi connectivity index (χ1) is 7.81. The second-order valence-corrected chi connectivity index (χ2v) is 4.27. The molecule has 2 rings (SSSR count). The Kier molecular flexibility index (Phi) is 3.78. The van der Waals surface area contributed by atoms with Crippen molar-refractivity contribution in [1.82, 2.24) is 5.32 Å². The Morgan fingerprint density at radius 3 is 2.94 bits per heavy atom. The first-order valence-corrected chi connectivity index (χ1v) is 5.86. The summed E-state index contributed by atoms with van der Waals surface area (Å²) in [5, 5.41) is 3.42. The Labute approximate surface area is 95.8 Å². The number of nitrogens with one attached hydrogen (secondary N) is 1. The van der Waals surface area contributed by atoms with Gasteiger partial charge in [-0.2, -0.15) is 0 Å². The van der Waals surface area contributed by atoms with E-state index in [1.54, 1.807) is 6.07 Å². The van der Waals surface area contributed by atoms with Crippen LogP contribution >= 0.6 is 0 Å². The third kappa shape index (κ3) is 2.95. The molecule has 16 heavy (non-hydrogen) atoms. The number of halogens is 1. The molecule has 0 bridgehead atoms. The fourth-order valence-corrected chi connectivity index (χ4v) is 1.78. The monoisotopic (exact) mass is 223 g/mol. The molecule has 0 aromatic heterocycles. The number of hydrogen-bond donors (Lipinski definition) is 1. The van der Waals surface area contributed by atoms with E-state index in [9.17, 15) is 4.39 Å². The highest BCUT2D eigenvalue weighted by molar-refractivity contribution is 5.31. The first kappa shape index (κ1) is 11.4. The molecule has 1 aromatic rings. The fourth-order valence-electron chi connectivity index (χ4n) is 1.78. The van der Waals surface area contributed by atoms with Crippen LogP contribution in [0, 0.1) is 5.82 Å². The predicted molar refractivity (Wildman–Crippen MR) is 62.3 cm³/mol. The van der Waals surface area contributed by atoms with Crippen molar-refractivity contribution < 1.29 is 9.13 Å². The van der Waals surface area contributed by atoms with Crippen LogP contribution in [0.25, 0.3) is 0 Å². The number of hydrogen-bond acceptors (Lipinski definition) is 2. The molecule has 3 heteroatoms. The van der Waals surface area contributed by atoms with Crippen LogP contribution in [0.4, 0.5) is 4.39 Å². The van der Waals surface area contributed by atoms with Gasteiger partial charge in [0.1, 0.15) is 0 Å². The van der Waals surface area contributed by atoms with Crippen LogP contribution < -0.4 is 10.1 Å². The van der Waals surface area contributed by atoms with E-state index < -0.39 is 0 Å². The molecule has 1 fully saturated rings. The summed E-state index contributed by atoms with van der Waals surface area (Å²) in [6.45, 7) is 0.974. The van der Waals surface area contributed by atoms with E-state index in [0.717, 1.165) is 31.0 Å². The number of ether oxygens (including phenoxy) is 1. The van der Waals surface area contributed by atoms with Crippen LogP contribution in [0.1, 0.15) is 24.8 Å². The van der Waals surface area contributed by atoms with Crippen molar-refractivity contribution in [1.29, 1.82) is 0 Å². The van der Waals surface area contributed by atoms with Crippen molar-refractivity contribution in [2.24, 2.45) is 0 Å². The molecule has 0 heterocycles. The van der Waals surface area contributed by atoms with Crippen LogP contribution in [0.15, 0.2) is 18.2 Å². The molecule has 0 amide bonds. The Hall–Kier alpha value is -1.09. The maximum atomic E-state index is 13.7. The first-order valence-electron chi connectivity index (χ1n) is 5.86. The van der Waals surface area contributed by atoms with Crippen LogP contribution in [-0.2, 0) is 6.42 Å². The van der Waals surface area contributed by atoms with E-state index >= 15 is 0 Å². The molecule has 88 valence electrons. The fraction of sp³-hybridized carbons (Fsp3) is 0.538. The lowest BCUT2D eigenvalue weighted by Crippen LogP contribution is -2.18. The van der Waals surface area contributed by atoms with E-state index in [0.29, 0.717) is 5.75 Å². The van der Waals surface area contributed by atoms with Gasteiger partial charge in [0.05, 0.1) is 7.11 Å². The third-order valence-electron chi connectivity index (χ3n) is 2.90. The molecule has 0 aliphatic heterocycles. The predicted octanol–water partition coefficient (Wildman–Crippen LogP) is 2.52.